The van der Waals surface area contributed by atoms with Crippen molar-refractivity contribution in [3.05, 3.63) is 65.2 Å². The van der Waals surface area contributed by atoms with Crippen LogP contribution < -0.4 is 5.14 Å². The third kappa shape index (κ3) is 5.38. The third-order valence-electron chi connectivity index (χ3n) is 4.03. The number of likely N-dealkylation sites (N-methyl/N-ethyl adjacent to an activating group) is 1. The summed E-state index contributed by atoms with van der Waals surface area (Å²) in [5.74, 6) is -1.15. The molecule has 0 radical (unpaired) electrons. The van der Waals surface area contributed by atoms with Crippen LogP contribution in [0.25, 0.3) is 0 Å². The van der Waals surface area contributed by atoms with Crippen LogP contribution in [0.4, 0.5) is 0 Å². The fourth-order valence-electron chi connectivity index (χ4n) is 2.52. The lowest BCUT2D eigenvalue weighted by Gasteiger charge is -2.22. The number of hydrogen-bond acceptors (Lipinski definition) is 5. The van der Waals surface area contributed by atoms with Crippen LogP contribution in [0.15, 0.2) is 53.4 Å². The summed E-state index contributed by atoms with van der Waals surface area (Å²) in [7, 11) is -2.33. The molecule has 0 fully saturated rings. The monoisotopic (exact) mass is 390 g/mol. The minimum absolute atomic E-state index is 0.0480. The molecule has 0 spiro atoms. The quantitative estimate of drug-likeness (QED) is 0.758. The van der Waals surface area contributed by atoms with E-state index < -0.39 is 22.1 Å². The first-order valence-corrected chi connectivity index (χ1v) is 9.77. The van der Waals surface area contributed by atoms with Crippen LogP contribution in [0.1, 0.15) is 28.4 Å². The van der Waals surface area contributed by atoms with Gasteiger partial charge in [0.25, 0.3) is 5.91 Å². The van der Waals surface area contributed by atoms with Crippen LogP contribution in [-0.2, 0) is 26.1 Å². The van der Waals surface area contributed by atoms with E-state index in [4.69, 9.17) is 9.88 Å². The van der Waals surface area contributed by atoms with Crippen LogP contribution in [0.3, 0.4) is 0 Å². The molecule has 0 heterocycles. The van der Waals surface area contributed by atoms with Crippen molar-refractivity contribution < 1.29 is 22.7 Å². The molecule has 0 bridgehead atoms. The molecule has 0 aromatic heterocycles. The second-order valence-electron chi connectivity index (χ2n) is 6.25. The molecule has 2 N–H and O–H groups in total. The van der Waals surface area contributed by atoms with Gasteiger partial charge in [-0.2, -0.15) is 0 Å². The molecule has 2 aromatic carbocycles. The molecule has 0 saturated carbocycles. The Labute approximate surface area is 158 Å². The summed E-state index contributed by atoms with van der Waals surface area (Å²) in [5, 5.41) is 5.10. The lowest BCUT2D eigenvalue weighted by molar-refractivity contribution is -0.139. The van der Waals surface area contributed by atoms with Crippen molar-refractivity contribution in [1.29, 1.82) is 0 Å². The van der Waals surface area contributed by atoms with Gasteiger partial charge in [0, 0.05) is 13.6 Å². The van der Waals surface area contributed by atoms with Gasteiger partial charge in [-0.15, -0.1) is 0 Å². The molecule has 1 atom stereocenters. The number of carbonyl (C=O) groups is 2. The normalized spacial score (nSPS) is 12.3. The molecule has 0 saturated heterocycles. The van der Waals surface area contributed by atoms with E-state index in [0.29, 0.717) is 12.1 Å². The van der Waals surface area contributed by atoms with Crippen molar-refractivity contribution >= 4 is 21.9 Å². The second-order valence-corrected chi connectivity index (χ2v) is 7.81. The topological polar surface area (TPSA) is 107 Å². The predicted molar refractivity (Wildman–Crippen MR) is 100 cm³/mol. The molecule has 0 aliphatic heterocycles. The first-order chi connectivity index (χ1) is 12.6. The fraction of sp³-hybridized carbons (Fsp3) is 0.263. The number of sulfonamides is 1. The number of nitrogens with zero attached hydrogens (tertiary/aromatic N) is 1. The molecule has 2 aromatic rings. The van der Waals surface area contributed by atoms with Crippen molar-refractivity contribution in [2.24, 2.45) is 5.14 Å². The molecule has 144 valence electrons. The number of ether oxygens (including phenoxy) is 1. The summed E-state index contributed by atoms with van der Waals surface area (Å²) < 4.78 is 28.2. The van der Waals surface area contributed by atoms with E-state index in [1.807, 2.05) is 30.3 Å². The zero-order valence-electron chi connectivity index (χ0n) is 15.4. The number of primary sulfonamides is 1. The van der Waals surface area contributed by atoms with Crippen LogP contribution in [0.5, 0.6) is 0 Å². The van der Waals surface area contributed by atoms with Crippen molar-refractivity contribution in [3.8, 4) is 0 Å². The molecule has 27 heavy (non-hydrogen) atoms. The van der Waals surface area contributed by atoms with E-state index in [1.165, 1.54) is 24.0 Å². The predicted octanol–water partition coefficient (Wildman–Crippen LogP) is 1.85. The number of nitrogens with two attached hydrogens (primary N) is 1. The maximum atomic E-state index is 12.5. The zero-order chi connectivity index (χ0) is 20.2. The van der Waals surface area contributed by atoms with E-state index >= 15 is 0 Å². The number of esters is 1. The fourth-order valence-corrected chi connectivity index (χ4v) is 3.06. The summed E-state index contributed by atoms with van der Waals surface area (Å²) in [6, 6.07) is 13.3. The van der Waals surface area contributed by atoms with Gasteiger partial charge < -0.3 is 9.64 Å². The lowest BCUT2D eigenvalue weighted by Crippen LogP contribution is -2.37. The van der Waals surface area contributed by atoms with Crippen LogP contribution in [0, 0.1) is 6.92 Å². The number of aryl methyl sites for hydroxylation is 1. The highest BCUT2D eigenvalue weighted by Gasteiger charge is 2.24. The van der Waals surface area contributed by atoms with E-state index in [1.54, 1.807) is 14.0 Å². The van der Waals surface area contributed by atoms with Crippen LogP contribution in [-0.4, -0.2) is 38.3 Å². The van der Waals surface area contributed by atoms with Crippen molar-refractivity contribution in [2.45, 2.75) is 31.4 Å². The van der Waals surface area contributed by atoms with Crippen molar-refractivity contribution in [3.63, 3.8) is 0 Å². The number of carbonyl (C=O) groups excluding carboxylic acids is 2. The Bertz CT molecular complexity index is 942. The molecule has 0 aliphatic rings. The van der Waals surface area contributed by atoms with Gasteiger partial charge >= 0.3 is 5.97 Å². The van der Waals surface area contributed by atoms with Gasteiger partial charge in [0.1, 0.15) is 0 Å². The highest BCUT2D eigenvalue weighted by atomic mass is 32.2. The molecule has 2 rings (SSSR count). The first kappa shape index (κ1) is 20.6. The molecule has 0 aliphatic carbocycles. The summed E-state index contributed by atoms with van der Waals surface area (Å²) in [5.41, 5.74) is 1.51. The van der Waals surface area contributed by atoms with Gasteiger partial charge in [0.05, 0.1) is 10.5 Å². The SMILES string of the molecule is Cc1ccc(S(N)(=O)=O)cc1C(=O)OC(C)C(=O)N(C)Cc1ccccc1. The zero-order valence-corrected chi connectivity index (χ0v) is 16.2. The Hall–Kier alpha value is -2.71. The van der Waals surface area contributed by atoms with Gasteiger partial charge in [-0.05, 0) is 37.1 Å². The van der Waals surface area contributed by atoms with Gasteiger partial charge in [0.2, 0.25) is 10.0 Å². The molecule has 7 nitrogen and oxygen atoms in total. The Balaban J connectivity index is 2.09. The number of hydrogen-bond donors (Lipinski definition) is 1. The molecular weight excluding hydrogens is 368 g/mol. The van der Waals surface area contributed by atoms with Gasteiger partial charge in [0.15, 0.2) is 6.10 Å². The number of rotatable bonds is 6. The van der Waals surface area contributed by atoms with Gasteiger partial charge in [-0.25, -0.2) is 18.4 Å². The average molecular weight is 390 g/mol. The van der Waals surface area contributed by atoms with Gasteiger partial charge in [-0.3, -0.25) is 4.79 Å². The van der Waals surface area contributed by atoms with Crippen molar-refractivity contribution in [1.82, 2.24) is 4.90 Å². The maximum Gasteiger partial charge on any atom is 0.339 e. The molecular formula is C19H22N2O5S. The average Bonchev–Trinajstić information content (AvgIpc) is 2.61. The Morgan fingerprint density at radius 1 is 1.15 bits per heavy atom. The number of amides is 1. The summed E-state index contributed by atoms with van der Waals surface area (Å²) in [4.78, 5) is 26.1. The maximum absolute atomic E-state index is 12.5. The van der Waals surface area contributed by atoms with E-state index in [9.17, 15) is 18.0 Å². The third-order valence-corrected chi connectivity index (χ3v) is 4.94. The highest BCUT2D eigenvalue weighted by Crippen LogP contribution is 2.17. The lowest BCUT2D eigenvalue weighted by atomic mass is 10.1. The minimum atomic E-state index is -3.95. The summed E-state index contributed by atoms with van der Waals surface area (Å²) in [6.45, 7) is 3.49. The Kier molecular flexibility index (Phi) is 6.35. The first-order valence-electron chi connectivity index (χ1n) is 8.23. The Morgan fingerprint density at radius 3 is 2.37 bits per heavy atom. The van der Waals surface area contributed by atoms with Crippen molar-refractivity contribution in [2.75, 3.05) is 7.05 Å². The Morgan fingerprint density at radius 2 is 1.78 bits per heavy atom. The minimum Gasteiger partial charge on any atom is -0.449 e. The standard InChI is InChI=1S/C19H22N2O5S/c1-13-9-10-16(27(20,24)25)11-17(13)19(23)26-14(2)18(22)21(3)12-15-7-5-4-6-8-15/h4-11,14H,12H2,1-3H3,(H2,20,24,25). The molecule has 1 unspecified atom stereocenters. The molecule has 8 heteroatoms. The van der Waals surface area contributed by atoms with Gasteiger partial charge in [-0.1, -0.05) is 36.4 Å². The summed E-state index contributed by atoms with van der Waals surface area (Å²) in [6.07, 6.45) is -1.02. The van der Waals surface area contributed by atoms with Crippen LogP contribution in [0.2, 0.25) is 0 Å². The van der Waals surface area contributed by atoms with E-state index in [0.717, 1.165) is 11.6 Å². The summed E-state index contributed by atoms with van der Waals surface area (Å²) >= 11 is 0. The van der Waals surface area contributed by atoms with Crippen LogP contribution >= 0.6 is 0 Å². The highest BCUT2D eigenvalue weighted by molar-refractivity contribution is 7.89. The number of benzene rings is 2. The molecule has 1 amide bonds. The largest absolute Gasteiger partial charge is 0.449 e. The second kappa shape index (κ2) is 8.32. The smallest absolute Gasteiger partial charge is 0.339 e. The van der Waals surface area contributed by atoms with E-state index in [-0.39, 0.29) is 16.4 Å². The van der Waals surface area contributed by atoms with E-state index in [2.05, 4.69) is 0 Å².